The number of carbonyl (C=O) groups is 1. The van der Waals surface area contributed by atoms with Crippen LogP contribution in [0.5, 0.6) is 0 Å². The highest BCUT2D eigenvalue weighted by Crippen LogP contribution is 2.39. The summed E-state index contributed by atoms with van der Waals surface area (Å²) in [6, 6.07) is 18.2. The third-order valence-electron chi connectivity index (χ3n) is 5.66. The summed E-state index contributed by atoms with van der Waals surface area (Å²) in [5.74, 6) is -2.11. The van der Waals surface area contributed by atoms with E-state index in [0.717, 1.165) is 5.56 Å². The molecule has 7 heteroatoms. The minimum absolute atomic E-state index is 0.0275. The van der Waals surface area contributed by atoms with Gasteiger partial charge in [0, 0.05) is 13.1 Å². The topological polar surface area (TPSA) is 79.1 Å². The number of aromatic nitrogens is 2. The molecule has 3 aromatic rings. The van der Waals surface area contributed by atoms with Crippen LogP contribution in [0, 0.1) is 11.3 Å². The van der Waals surface area contributed by atoms with Crippen molar-refractivity contribution >= 4 is 17.0 Å². The van der Waals surface area contributed by atoms with E-state index in [9.17, 15) is 10.1 Å². The number of alkyl halides is 1. The summed E-state index contributed by atoms with van der Waals surface area (Å²) in [5.41, 5.74) is 0.206. The summed E-state index contributed by atoms with van der Waals surface area (Å²) < 4.78 is 21.5. The van der Waals surface area contributed by atoms with E-state index in [4.69, 9.17) is 4.74 Å². The second-order valence-corrected chi connectivity index (χ2v) is 7.87. The maximum Gasteiger partial charge on any atom is 0.329 e. The molecule has 0 radical (unpaired) electrons. The number of carbonyl (C=O) groups excluding carboxylic acids is 1. The predicted molar refractivity (Wildman–Crippen MR) is 114 cm³/mol. The van der Waals surface area contributed by atoms with Crippen molar-refractivity contribution in [2.24, 2.45) is 0 Å². The summed E-state index contributed by atoms with van der Waals surface area (Å²) in [5, 5.41) is 9.82. The van der Waals surface area contributed by atoms with Gasteiger partial charge in [0.1, 0.15) is 12.3 Å². The van der Waals surface area contributed by atoms with Crippen molar-refractivity contribution < 1.29 is 13.9 Å². The number of hydrogen-bond acceptors (Lipinski definition) is 6. The molecule has 158 valence electrons. The lowest BCUT2D eigenvalue weighted by atomic mass is 9.86. The molecule has 0 saturated carbocycles. The normalized spacial score (nSPS) is 17.1. The van der Waals surface area contributed by atoms with Crippen molar-refractivity contribution in [1.82, 2.24) is 14.9 Å². The zero-order valence-electron chi connectivity index (χ0n) is 17.3. The molecule has 0 spiro atoms. The summed E-state index contributed by atoms with van der Waals surface area (Å²) >= 11 is 0. The number of hydrogen-bond donors (Lipinski definition) is 0. The number of benzene rings is 2. The predicted octanol–water partition coefficient (Wildman–Crippen LogP) is 3.87. The van der Waals surface area contributed by atoms with Crippen LogP contribution in [0.1, 0.15) is 35.7 Å². The van der Waals surface area contributed by atoms with Gasteiger partial charge in [-0.25, -0.2) is 14.4 Å². The number of fused-ring (bicyclic) bond motifs is 1. The van der Waals surface area contributed by atoms with Gasteiger partial charge in [-0.1, -0.05) is 42.5 Å². The second kappa shape index (κ2) is 8.78. The molecule has 31 heavy (non-hydrogen) atoms. The molecule has 2 heterocycles. The molecule has 1 unspecified atom stereocenters. The van der Waals surface area contributed by atoms with Crippen LogP contribution in [-0.2, 0) is 21.8 Å². The van der Waals surface area contributed by atoms with E-state index in [-0.39, 0.29) is 30.8 Å². The van der Waals surface area contributed by atoms with Crippen molar-refractivity contribution in [2.45, 2.75) is 31.0 Å². The molecule has 4 rings (SSSR count). The van der Waals surface area contributed by atoms with Gasteiger partial charge in [0.25, 0.3) is 0 Å². The Morgan fingerprint density at radius 3 is 2.39 bits per heavy atom. The summed E-state index contributed by atoms with van der Waals surface area (Å²) in [6.45, 7) is 1.14. The largest absolute Gasteiger partial charge is 0.460 e. The Morgan fingerprint density at radius 2 is 1.74 bits per heavy atom. The van der Waals surface area contributed by atoms with Gasteiger partial charge in [0.05, 0.1) is 22.8 Å². The molecule has 1 aliphatic heterocycles. The van der Waals surface area contributed by atoms with Crippen molar-refractivity contribution in [3.8, 4) is 6.07 Å². The fourth-order valence-electron chi connectivity index (χ4n) is 3.79. The number of para-hydroxylation sites is 2. The Bertz CT molecular complexity index is 1120. The highest BCUT2D eigenvalue weighted by molar-refractivity contribution is 5.83. The number of ether oxygens (including phenoxy) is 1. The average Bonchev–Trinajstić information content (AvgIpc) is 2.80. The van der Waals surface area contributed by atoms with Gasteiger partial charge >= 0.3 is 5.97 Å². The first-order valence-corrected chi connectivity index (χ1v) is 10.2. The standard InChI is InChI=1S/C24H23FN4O2/c1-29-13-11-24(25,12-14-29)22-21(27-19-9-5-6-10-20(19)28-22)18(15-26)23(30)31-16-17-7-3-2-4-8-17/h2-10,18H,11-14,16H2,1H3. The maximum absolute atomic E-state index is 16.1. The molecule has 1 saturated heterocycles. The van der Waals surface area contributed by atoms with Gasteiger partial charge < -0.3 is 9.64 Å². The molecule has 6 nitrogen and oxygen atoms in total. The van der Waals surface area contributed by atoms with Crippen molar-refractivity contribution in [1.29, 1.82) is 5.26 Å². The van der Waals surface area contributed by atoms with Gasteiger partial charge in [-0.2, -0.15) is 5.26 Å². The third-order valence-corrected chi connectivity index (χ3v) is 5.66. The maximum atomic E-state index is 16.1. The Balaban J connectivity index is 1.71. The molecule has 2 aromatic carbocycles. The minimum Gasteiger partial charge on any atom is -0.460 e. The van der Waals surface area contributed by atoms with Crippen LogP contribution in [0.2, 0.25) is 0 Å². The summed E-state index contributed by atoms with van der Waals surface area (Å²) in [6.07, 6.45) is 0.446. The van der Waals surface area contributed by atoms with Crippen LogP contribution in [0.25, 0.3) is 11.0 Å². The highest BCUT2D eigenvalue weighted by Gasteiger charge is 2.42. The molecule has 1 fully saturated rings. The minimum atomic E-state index is -1.76. The molecule has 1 atom stereocenters. The number of rotatable bonds is 5. The Labute approximate surface area is 180 Å². The van der Waals surface area contributed by atoms with E-state index in [1.807, 2.05) is 48.3 Å². The quantitative estimate of drug-likeness (QED) is 0.585. The lowest BCUT2D eigenvalue weighted by molar-refractivity contribution is -0.145. The fraction of sp³-hybridized carbons (Fsp3) is 0.333. The van der Waals surface area contributed by atoms with Crippen LogP contribution in [-0.4, -0.2) is 41.0 Å². The number of nitriles is 1. The average molecular weight is 418 g/mol. The van der Waals surface area contributed by atoms with E-state index in [1.165, 1.54) is 0 Å². The molecule has 0 aliphatic carbocycles. The SMILES string of the molecule is CN1CCC(F)(c2nc3ccccc3nc2C(C#N)C(=O)OCc2ccccc2)CC1. The van der Waals surface area contributed by atoms with E-state index < -0.39 is 17.6 Å². The van der Waals surface area contributed by atoms with E-state index in [1.54, 1.807) is 24.3 Å². The van der Waals surface area contributed by atoms with Gasteiger partial charge in [0.2, 0.25) is 0 Å². The first-order chi connectivity index (χ1) is 15.0. The van der Waals surface area contributed by atoms with Crippen LogP contribution in [0.15, 0.2) is 54.6 Å². The van der Waals surface area contributed by atoms with Gasteiger partial charge in [-0.15, -0.1) is 0 Å². The summed E-state index contributed by atoms with van der Waals surface area (Å²) in [7, 11) is 1.94. The number of likely N-dealkylation sites (tertiary alicyclic amines) is 1. The summed E-state index contributed by atoms with van der Waals surface area (Å²) in [4.78, 5) is 23.9. The molecular formula is C24H23FN4O2. The lowest BCUT2D eigenvalue weighted by Crippen LogP contribution is -2.39. The third kappa shape index (κ3) is 4.39. The lowest BCUT2D eigenvalue weighted by Gasteiger charge is -2.35. The van der Waals surface area contributed by atoms with Gasteiger partial charge in [0.15, 0.2) is 11.6 Å². The van der Waals surface area contributed by atoms with Crippen molar-refractivity contribution in [3.63, 3.8) is 0 Å². The molecule has 0 bridgehead atoms. The van der Waals surface area contributed by atoms with Gasteiger partial charge in [-0.05, 0) is 37.6 Å². The monoisotopic (exact) mass is 418 g/mol. The molecule has 1 aromatic heterocycles. The van der Waals surface area contributed by atoms with Crippen LogP contribution < -0.4 is 0 Å². The molecule has 0 N–H and O–H groups in total. The van der Waals surface area contributed by atoms with E-state index in [0.29, 0.717) is 24.1 Å². The molecular weight excluding hydrogens is 395 g/mol. The van der Waals surface area contributed by atoms with Crippen molar-refractivity contribution in [2.75, 3.05) is 20.1 Å². The number of nitrogens with zero attached hydrogens (tertiary/aromatic N) is 4. The van der Waals surface area contributed by atoms with E-state index in [2.05, 4.69) is 9.97 Å². The highest BCUT2D eigenvalue weighted by atomic mass is 19.1. The number of halogens is 1. The van der Waals surface area contributed by atoms with E-state index >= 15 is 4.39 Å². The number of piperidine rings is 1. The number of esters is 1. The molecule has 1 aliphatic rings. The van der Waals surface area contributed by atoms with Gasteiger partial charge in [-0.3, -0.25) is 4.79 Å². The smallest absolute Gasteiger partial charge is 0.329 e. The zero-order valence-corrected chi connectivity index (χ0v) is 17.3. The zero-order chi connectivity index (χ0) is 21.8. The first kappa shape index (κ1) is 20.9. The molecule has 0 amide bonds. The van der Waals surface area contributed by atoms with Crippen molar-refractivity contribution in [3.05, 3.63) is 71.5 Å². The van der Waals surface area contributed by atoms with Crippen LogP contribution in [0.3, 0.4) is 0 Å². The Hall–Kier alpha value is -3.37. The first-order valence-electron chi connectivity index (χ1n) is 10.2. The second-order valence-electron chi connectivity index (χ2n) is 7.87. The van der Waals surface area contributed by atoms with Crippen LogP contribution in [0.4, 0.5) is 4.39 Å². The van der Waals surface area contributed by atoms with Crippen LogP contribution >= 0.6 is 0 Å². The Kier molecular flexibility index (Phi) is 5.92. The Morgan fingerprint density at radius 1 is 1.13 bits per heavy atom. The fourth-order valence-corrected chi connectivity index (χ4v) is 3.79.